The number of hydrogen-bond acceptors (Lipinski definition) is 3. The third-order valence-corrected chi connectivity index (χ3v) is 2.84. The molecule has 5 nitrogen and oxygen atoms in total. The smallest absolute Gasteiger partial charge is 0.323 e. The van der Waals surface area contributed by atoms with Crippen LogP contribution in [0.15, 0.2) is 30.3 Å². The molecule has 0 fully saturated rings. The first-order chi connectivity index (χ1) is 9.99. The number of amides is 1. The van der Waals surface area contributed by atoms with Crippen molar-refractivity contribution >= 4 is 11.9 Å². The van der Waals surface area contributed by atoms with E-state index in [0.717, 1.165) is 5.56 Å². The molecule has 0 unspecified atom stereocenters. The lowest BCUT2D eigenvalue weighted by Crippen LogP contribution is -2.38. The van der Waals surface area contributed by atoms with Gasteiger partial charge in [-0.3, -0.25) is 9.59 Å². The summed E-state index contributed by atoms with van der Waals surface area (Å²) in [5.74, 6) is -0.938. The van der Waals surface area contributed by atoms with Gasteiger partial charge in [0.25, 0.3) is 0 Å². The fraction of sp³-hybridized carbons (Fsp3) is 0.500. The van der Waals surface area contributed by atoms with Crippen LogP contribution in [0.4, 0.5) is 0 Å². The van der Waals surface area contributed by atoms with Crippen molar-refractivity contribution in [3.05, 3.63) is 35.9 Å². The van der Waals surface area contributed by atoms with Crippen LogP contribution >= 0.6 is 0 Å². The monoisotopic (exact) mass is 293 g/mol. The van der Waals surface area contributed by atoms with Crippen LogP contribution in [0.2, 0.25) is 0 Å². The van der Waals surface area contributed by atoms with Gasteiger partial charge in [0.05, 0.1) is 19.6 Å². The number of carboxylic acids is 1. The summed E-state index contributed by atoms with van der Waals surface area (Å²) in [6.07, 6.45) is 0.201. The van der Waals surface area contributed by atoms with Crippen LogP contribution in [0, 0.1) is 5.92 Å². The van der Waals surface area contributed by atoms with Crippen molar-refractivity contribution in [3.63, 3.8) is 0 Å². The van der Waals surface area contributed by atoms with Gasteiger partial charge in [0.15, 0.2) is 0 Å². The number of carbonyl (C=O) groups is 2. The third-order valence-electron chi connectivity index (χ3n) is 2.84. The first kappa shape index (κ1) is 17.2. The number of nitrogens with zero attached hydrogens (tertiary/aromatic N) is 1. The number of rotatable bonds is 9. The van der Waals surface area contributed by atoms with Crippen LogP contribution in [0.3, 0.4) is 0 Å². The molecule has 21 heavy (non-hydrogen) atoms. The second-order valence-corrected chi connectivity index (χ2v) is 5.35. The molecule has 0 spiro atoms. The normalized spacial score (nSPS) is 10.6. The zero-order chi connectivity index (χ0) is 15.7. The van der Waals surface area contributed by atoms with Gasteiger partial charge in [0.2, 0.25) is 5.91 Å². The number of hydrogen-bond donors (Lipinski definition) is 1. The molecule has 0 radical (unpaired) electrons. The average Bonchev–Trinajstić information content (AvgIpc) is 2.43. The Morgan fingerprint density at radius 2 is 1.90 bits per heavy atom. The van der Waals surface area contributed by atoms with Crippen molar-refractivity contribution in [2.45, 2.75) is 26.9 Å². The minimum Gasteiger partial charge on any atom is -0.480 e. The number of aliphatic carboxylic acids is 1. The van der Waals surface area contributed by atoms with Gasteiger partial charge in [-0.15, -0.1) is 0 Å². The number of carboxylic acid groups (broad SMARTS) is 1. The highest BCUT2D eigenvalue weighted by molar-refractivity contribution is 5.81. The van der Waals surface area contributed by atoms with Crippen molar-refractivity contribution in [3.8, 4) is 0 Å². The molecule has 1 N–H and O–H groups in total. The Labute approximate surface area is 125 Å². The second kappa shape index (κ2) is 9.13. The highest BCUT2D eigenvalue weighted by atomic mass is 16.5. The summed E-state index contributed by atoms with van der Waals surface area (Å²) in [6.45, 7) is 4.85. The van der Waals surface area contributed by atoms with E-state index in [1.807, 2.05) is 44.2 Å². The largest absolute Gasteiger partial charge is 0.480 e. The Morgan fingerprint density at radius 1 is 1.24 bits per heavy atom. The van der Waals surface area contributed by atoms with Gasteiger partial charge in [0.1, 0.15) is 6.54 Å². The second-order valence-electron chi connectivity index (χ2n) is 5.35. The maximum atomic E-state index is 12.0. The molecule has 1 rings (SSSR count). The van der Waals surface area contributed by atoms with E-state index in [1.165, 1.54) is 4.90 Å². The van der Waals surface area contributed by atoms with Crippen molar-refractivity contribution in [1.29, 1.82) is 0 Å². The molecule has 0 aliphatic carbocycles. The molecular weight excluding hydrogens is 270 g/mol. The van der Waals surface area contributed by atoms with E-state index in [2.05, 4.69) is 0 Å². The number of ether oxygens (including phenoxy) is 1. The zero-order valence-electron chi connectivity index (χ0n) is 12.6. The van der Waals surface area contributed by atoms with Crippen LogP contribution in [0.1, 0.15) is 25.8 Å². The summed E-state index contributed by atoms with van der Waals surface area (Å²) >= 11 is 0. The quantitative estimate of drug-likeness (QED) is 0.709. The molecular formula is C16H23NO4. The molecule has 0 aromatic heterocycles. The van der Waals surface area contributed by atoms with Crippen molar-refractivity contribution in [1.82, 2.24) is 4.90 Å². The van der Waals surface area contributed by atoms with E-state index in [0.29, 0.717) is 19.8 Å². The fourth-order valence-electron chi connectivity index (χ4n) is 1.94. The standard InChI is InChI=1S/C16H23NO4/c1-13(2)10-17(11-16(19)20)15(18)8-9-21-12-14-6-4-3-5-7-14/h3-7,13H,8-12H2,1-2H3,(H,19,20). The lowest BCUT2D eigenvalue weighted by atomic mass is 10.2. The molecule has 0 heterocycles. The first-order valence-corrected chi connectivity index (χ1v) is 7.10. The van der Waals surface area contributed by atoms with Gasteiger partial charge < -0.3 is 14.7 Å². The average molecular weight is 293 g/mol. The third kappa shape index (κ3) is 7.46. The summed E-state index contributed by atoms with van der Waals surface area (Å²) < 4.78 is 5.46. The topological polar surface area (TPSA) is 66.8 Å². The summed E-state index contributed by atoms with van der Waals surface area (Å²) in [5.41, 5.74) is 1.05. The lowest BCUT2D eigenvalue weighted by molar-refractivity contribution is -0.145. The minimum atomic E-state index is -0.991. The first-order valence-electron chi connectivity index (χ1n) is 7.10. The van der Waals surface area contributed by atoms with Gasteiger partial charge in [-0.25, -0.2) is 0 Å². The molecule has 0 aliphatic heterocycles. The fourth-order valence-corrected chi connectivity index (χ4v) is 1.94. The van der Waals surface area contributed by atoms with E-state index in [1.54, 1.807) is 0 Å². The van der Waals surface area contributed by atoms with Crippen LogP contribution in [-0.4, -0.2) is 41.6 Å². The predicted octanol–water partition coefficient (Wildman–Crippen LogP) is 2.16. The van der Waals surface area contributed by atoms with Crippen molar-refractivity contribution < 1.29 is 19.4 Å². The molecule has 0 saturated heterocycles. The van der Waals surface area contributed by atoms with E-state index >= 15 is 0 Å². The molecule has 0 bridgehead atoms. The minimum absolute atomic E-state index is 0.181. The van der Waals surface area contributed by atoms with Crippen molar-refractivity contribution in [2.75, 3.05) is 19.7 Å². The van der Waals surface area contributed by atoms with E-state index in [9.17, 15) is 9.59 Å². The summed E-state index contributed by atoms with van der Waals surface area (Å²) in [5, 5.41) is 8.84. The SMILES string of the molecule is CC(C)CN(CC(=O)O)C(=O)CCOCc1ccccc1. The van der Waals surface area contributed by atoms with Gasteiger partial charge >= 0.3 is 5.97 Å². The molecule has 1 aromatic carbocycles. The van der Waals surface area contributed by atoms with Crippen LogP contribution in [0.5, 0.6) is 0 Å². The van der Waals surface area contributed by atoms with E-state index in [-0.39, 0.29) is 24.8 Å². The summed E-state index contributed by atoms with van der Waals surface area (Å²) in [6, 6.07) is 9.71. The maximum Gasteiger partial charge on any atom is 0.323 e. The lowest BCUT2D eigenvalue weighted by Gasteiger charge is -2.22. The van der Waals surface area contributed by atoms with Gasteiger partial charge in [-0.2, -0.15) is 0 Å². The Balaban J connectivity index is 2.34. The van der Waals surface area contributed by atoms with Gasteiger partial charge in [-0.05, 0) is 11.5 Å². The number of carbonyl (C=O) groups excluding carboxylic acids is 1. The summed E-state index contributed by atoms with van der Waals surface area (Å²) in [7, 11) is 0. The van der Waals surface area contributed by atoms with Crippen molar-refractivity contribution in [2.24, 2.45) is 5.92 Å². The predicted molar refractivity (Wildman–Crippen MR) is 79.8 cm³/mol. The zero-order valence-corrected chi connectivity index (χ0v) is 12.6. The van der Waals surface area contributed by atoms with Crippen LogP contribution < -0.4 is 0 Å². The maximum absolute atomic E-state index is 12.0. The van der Waals surface area contributed by atoms with Gasteiger partial charge in [0, 0.05) is 6.54 Å². The Morgan fingerprint density at radius 3 is 2.48 bits per heavy atom. The number of benzene rings is 1. The van der Waals surface area contributed by atoms with E-state index in [4.69, 9.17) is 9.84 Å². The Hall–Kier alpha value is -1.88. The summed E-state index contributed by atoms with van der Waals surface area (Å²) in [4.78, 5) is 24.2. The Bertz CT molecular complexity index is 445. The van der Waals surface area contributed by atoms with Crippen LogP contribution in [0.25, 0.3) is 0 Å². The Kier molecular flexibility index (Phi) is 7.46. The molecule has 0 aliphatic rings. The van der Waals surface area contributed by atoms with Gasteiger partial charge in [-0.1, -0.05) is 44.2 Å². The highest BCUT2D eigenvalue weighted by Gasteiger charge is 2.17. The molecule has 0 atom stereocenters. The van der Waals surface area contributed by atoms with E-state index < -0.39 is 5.97 Å². The van der Waals surface area contributed by atoms with Crippen LogP contribution in [-0.2, 0) is 20.9 Å². The molecule has 116 valence electrons. The molecule has 1 amide bonds. The molecule has 0 saturated carbocycles. The highest BCUT2D eigenvalue weighted by Crippen LogP contribution is 2.04. The molecule has 1 aromatic rings. The molecule has 5 heteroatoms.